The highest BCUT2D eigenvalue weighted by atomic mass is 16.6. The van der Waals surface area contributed by atoms with Gasteiger partial charge in [-0.2, -0.15) is 0 Å². The number of hydrogen-bond donors (Lipinski definition) is 1. The number of ether oxygens (including phenoxy) is 2. The molecular weight excluding hydrogens is 270 g/mol. The van der Waals surface area contributed by atoms with Crippen molar-refractivity contribution in [2.24, 2.45) is 0 Å². The first-order chi connectivity index (χ1) is 9.73. The van der Waals surface area contributed by atoms with E-state index < -0.39 is 11.7 Å². The van der Waals surface area contributed by atoms with Crippen molar-refractivity contribution in [2.45, 2.75) is 45.6 Å². The molecule has 5 heteroatoms. The van der Waals surface area contributed by atoms with Gasteiger partial charge in [-0.25, -0.2) is 4.79 Å². The lowest BCUT2D eigenvalue weighted by molar-refractivity contribution is -0.140. The van der Waals surface area contributed by atoms with Crippen LogP contribution in [0.15, 0.2) is 24.3 Å². The van der Waals surface area contributed by atoms with Crippen molar-refractivity contribution < 1.29 is 19.1 Å². The number of nitrogens with one attached hydrogen (secondary N) is 1. The molecular formula is C16H23NO4. The number of carbonyl (C=O) groups excluding carboxylic acids is 2. The predicted molar refractivity (Wildman–Crippen MR) is 81.3 cm³/mol. The summed E-state index contributed by atoms with van der Waals surface area (Å²) >= 11 is 0. The predicted octanol–water partition coefficient (Wildman–Crippen LogP) is 3.70. The van der Waals surface area contributed by atoms with E-state index in [1.165, 1.54) is 7.11 Å². The van der Waals surface area contributed by atoms with E-state index in [0.717, 1.165) is 5.56 Å². The first kappa shape index (κ1) is 17.0. The Morgan fingerprint density at radius 2 is 1.86 bits per heavy atom. The zero-order chi connectivity index (χ0) is 16.0. The van der Waals surface area contributed by atoms with Gasteiger partial charge in [0.05, 0.1) is 13.5 Å². The number of benzene rings is 1. The Hall–Kier alpha value is -2.04. The van der Waals surface area contributed by atoms with E-state index in [4.69, 9.17) is 4.74 Å². The summed E-state index contributed by atoms with van der Waals surface area (Å²) in [4.78, 5) is 23.2. The van der Waals surface area contributed by atoms with Crippen molar-refractivity contribution in [1.82, 2.24) is 0 Å². The molecule has 0 spiro atoms. The van der Waals surface area contributed by atoms with E-state index in [1.807, 2.05) is 25.1 Å². The Balaban J connectivity index is 2.84. The molecule has 116 valence electrons. The molecule has 1 N–H and O–H groups in total. The van der Waals surface area contributed by atoms with Gasteiger partial charge in [-0.3, -0.25) is 10.1 Å². The quantitative estimate of drug-likeness (QED) is 0.860. The molecule has 0 aliphatic heterocycles. The summed E-state index contributed by atoms with van der Waals surface area (Å²) in [6.07, 6.45) is -0.260. The molecule has 1 aromatic rings. The first-order valence-corrected chi connectivity index (χ1v) is 6.88. The summed E-state index contributed by atoms with van der Waals surface area (Å²) < 4.78 is 9.92. The lowest BCUT2D eigenvalue weighted by Crippen LogP contribution is -2.27. The van der Waals surface area contributed by atoms with Gasteiger partial charge < -0.3 is 9.47 Å². The largest absolute Gasteiger partial charge is 0.469 e. The van der Waals surface area contributed by atoms with E-state index in [1.54, 1.807) is 26.8 Å². The number of amides is 1. The molecule has 1 aromatic carbocycles. The number of esters is 1. The van der Waals surface area contributed by atoms with E-state index in [-0.39, 0.29) is 18.3 Å². The third kappa shape index (κ3) is 5.85. The molecule has 0 aliphatic carbocycles. The summed E-state index contributed by atoms with van der Waals surface area (Å²) in [5, 5.41) is 2.73. The highest BCUT2D eigenvalue weighted by Gasteiger charge is 2.19. The minimum atomic E-state index is -0.559. The van der Waals surface area contributed by atoms with Crippen LogP contribution < -0.4 is 5.32 Å². The van der Waals surface area contributed by atoms with Gasteiger partial charge in [-0.05, 0) is 38.3 Å². The molecule has 0 radical (unpaired) electrons. The summed E-state index contributed by atoms with van der Waals surface area (Å²) in [6, 6.07) is 7.35. The number of anilines is 1. The Labute approximate surface area is 125 Å². The molecule has 0 heterocycles. The maximum atomic E-state index is 11.9. The van der Waals surface area contributed by atoms with Crippen LogP contribution in [0.3, 0.4) is 0 Å². The molecule has 5 nitrogen and oxygen atoms in total. The molecule has 1 amide bonds. The lowest BCUT2D eigenvalue weighted by Gasteiger charge is -2.21. The van der Waals surface area contributed by atoms with E-state index in [0.29, 0.717) is 5.69 Å². The molecule has 0 saturated heterocycles. The Morgan fingerprint density at radius 1 is 1.24 bits per heavy atom. The van der Waals surface area contributed by atoms with Crippen molar-refractivity contribution in [3.63, 3.8) is 0 Å². The van der Waals surface area contributed by atoms with Crippen LogP contribution in [-0.4, -0.2) is 24.8 Å². The topological polar surface area (TPSA) is 64.6 Å². The third-order valence-corrected chi connectivity index (χ3v) is 2.83. The Kier molecular flexibility index (Phi) is 5.76. The van der Waals surface area contributed by atoms with Crippen LogP contribution in [0.5, 0.6) is 0 Å². The lowest BCUT2D eigenvalue weighted by atomic mass is 9.96. The van der Waals surface area contributed by atoms with Crippen molar-refractivity contribution in [3.05, 3.63) is 29.8 Å². The molecule has 0 bridgehead atoms. The van der Waals surface area contributed by atoms with Crippen molar-refractivity contribution in [3.8, 4) is 0 Å². The summed E-state index contributed by atoms with van der Waals surface area (Å²) in [5.41, 5.74) is 0.952. The average molecular weight is 293 g/mol. The molecule has 1 rings (SSSR count). The van der Waals surface area contributed by atoms with Gasteiger partial charge >= 0.3 is 12.1 Å². The second-order valence-corrected chi connectivity index (χ2v) is 5.90. The number of methoxy groups -OCH3 is 1. The van der Waals surface area contributed by atoms with Crippen LogP contribution in [0.25, 0.3) is 0 Å². The highest BCUT2D eigenvalue weighted by molar-refractivity contribution is 5.86. The van der Waals surface area contributed by atoms with Gasteiger partial charge in [0.1, 0.15) is 5.60 Å². The molecule has 0 fully saturated rings. The second kappa shape index (κ2) is 7.11. The van der Waals surface area contributed by atoms with E-state index in [2.05, 4.69) is 10.1 Å². The molecule has 1 atom stereocenters. The average Bonchev–Trinajstić information content (AvgIpc) is 2.36. The van der Waals surface area contributed by atoms with Gasteiger partial charge in [-0.1, -0.05) is 25.1 Å². The zero-order valence-corrected chi connectivity index (χ0v) is 13.2. The van der Waals surface area contributed by atoms with Crippen molar-refractivity contribution in [2.75, 3.05) is 12.4 Å². The number of rotatable bonds is 4. The van der Waals surface area contributed by atoms with E-state index >= 15 is 0 Å². The number of carbonyl (C=O) groups is 2. The minimum absolute atomic E-state index is 0.0661. The summed E-state index contributed by atoms with van der Waals surface area (Å²) in [5.74, 6) is -0.349. The fraction of sp³-hybridized carbons (Fsp3) is 0.500. The van der Waals surface area contributed by atoms with Crippen molar-refractivity contribution >= 4 is 17.7 Å². The Morgan fingerprint density at radius 3 is 2.43 bits per heavy atom. The van der Waals surface area contributed by atoms with Crippen LogP contribution >= 0.6 is 0 Å². The van der Waals surface area contributed by atoms with Gasteiger partial charge in [0.2, 0.25) is 0 Å². The van der Waals surface area contributed by atoms with Crippen LogP contribution in [0, 0.1) is 0 Å². The van der Waals surface area contributed by atoms with Gasteiger partial charge in [-0.15, -0.1) is 0 Å². The molecule has 0 aromatic heterocycles. The molecule has 0 aliphatic rings. The van der Waals surface area contributed by atoms with Crippen LogP contribution in [0.1, 0.15) is 45.6 Å². The van der Waals surface area contributed by atoms with Crippen molar-refractivity contribution in [1.29, 1.82) is 0 Å². The normalized spacial score (nSPS) is 12.4. The summed E-state index contributed by atoms with van der Waals surface area (Å²) in [6.45, 7) is 7.32. The highest BCUT2D eigenvalue weighted by Crippen LogP contribution is 2.27. The van der Waals surface area contributed by atoms with Gasteiger partial charge in [0.15, 0.2) is 0 Å². The second-order valence-electron chi connectivity index (χ2n) is 5.90. The maximum Gasteiger partial charge on any atom is 0.412 e. The third-order valence-electron chi connectivity index (χ3n) is 2.83. The van der Waals surface area contributed by atoms with Gasteiger partial charge in [0.25, 0.3) is 0 Å². The summed E-state index contributed by atoms with van der Waals surface area (Å²) in [7, 11) is 1.36. The molecule has 21 heavy (non-hydrogen) atoms. The fourth-order valence-corrected chi connectivity index (χ4v) is 1.90. The van der Waals surface area contributed by atoms with Crippen LogP contribution in [0.4, 0.5) is 10.5 Å². The standard InChI is InChI=1S/C16H23NO4/c1-11(10-14(18)20-5)12-8-6-7-9-13(12)17-15(19)21-16(2,3)4/h6-9,11H,10H2,1-5H3,(H,17,19). The number of para-hydroxylation sites is 1. The van der Waals surface area contributed by atoms with E-state index in [9.17, 15) is 9.59 Å². The van der Waals surface area contributed by atoms with Crippen LogP contribution in [-0.2, 0) is 14.3 Å². The molecule has 1 unspecified atom stereocenters. The maximum absolute atomic E-state index is 11.9. The SMILES string of the molecule is COC(=O)CC(C)c1ccccc1NC(=O)OC(C)(C)C. The monoisotopic (exact) mass is 293 g/mol. The fourth-order valence-electron chi connectivity index (χ4n) is 1.90. The zero-order valence-electron chi connectivity index (χ0n) is 13.2. The van der Waals surface area contributed by atoms with Gasteiger partial charge in [0, 0.05) is 5.69 Å². The first-order valence-electron chi connectivity index (χ1n) is 6.88. The minimum Gasteiger partial charge on any atom is -0.469 e. The number of hydrogen-bond acceptors (Lipinski definition) is 4. The smallest absolute Gasteiger partial charge is 0.412 e. The van der Waals surface area contributed by atoms with Crippen LogP contribution in [0.2, 0.25) is 0 Å². The molecule has 0 saturated carbocycles. The Bertz CT molecular complexity index is 505.